The molecular weight excluding hydrogens is 324 g/mol. The fourth-order valence-corrected chi connectivity index (χ4v) is 5.14. The minimum atomic E-state index is -3.36. The quantitative estimate of drug-likeness (QED) is 0.834. The summed E-state index contributed by atoms with van der Waals surface area (Å²) in [6.45, 7) is 2.92. The van der Waals surface area contributed by atoms with Crippen LogP contribution in [0.15, 0.2) is 14.7 Å². The van der Waals surface area contributed by atoms with E-state index in [4.69, 9.17) is 0 Å². The van der Waals surface area contributed by atoms with Crippen molar-refractivity contribution in [2.45, 2.75) is 37.2 Å². The summed E-state index contributed by atoms with van der Waals surface area (Å²) in [5.74, 6) is 0. The van der Waals surface area contributed by atoms with Gasteiger partial charge in [-0.15, -0.1) is 11.3 Å². The van der Waals surface area contributed by atoms with Crippen molar-refractivity contribution in [3.63, 3.8) is 0 Å². The van der Waals surface area contributed by atoms with Gasteiger partial charge in [-0.1, -0.05) is 6.92 Å². The van der Waals surface area contributed by atoms with Crippen molar-refractivity contribution in [1.29, 1.82) is 0 Å². The first-order valence-corrected chi connectivity index (χ1v) is 8.63. The second-order valence-corrected chi connectivity index (χ2v) is 8.20. The van der Waals surface area contributed by atoms with Crippen molar-refractivity contribution < 1.29 is 8.42 Å². The summed E-state index contributed by atoms with van der Waals surface area (Å²) in [4.78, 5) is 1.39. The maximum atomic E-state index is 11.9. The summed E-state index contributed by atoms with van der Waals surface area (Å²) in [7, 11) is -3.36. The zero-order chi connectivity index (χ0) is 12.5. The molecule has 4 nitrogen and oxygen atoms in total. The van der Waals surface area contributed by atoms with E-state index in [1.807, 2.05) is 0 Å². The van der Waals surface area contributed by atoms with E-state index in [2.05, 4.69) is 26.0 Å². The Hall–Kier alpha value is 0.0500. The average molecular weight is 339 g/mol. The van der Waals surface area contributed by atoms with Crippen LogP contribution in [0.25, 0.3) is 0 Å². The Balaban J connectivity index is 2.11. The van der Waals surface area contributed by atoms with E-state index in [1.54, 1.807) is 13.0 Å². The molecule has 1 aromatic heterocycles. The van der Waals surface area contributed by atoms with Gasteiger partial charge in [-0.05, 0) is 34.8 Å². The van der Waals surface area contributed by atoms with Gasteiger partial charge in [-0.25, -0.2) is 13.1 Å². The van der Waals surface area contributed by atoms with Gasteiger partial charge in [0, 0.05) is 24.0 Å². The molecule has 7 heteroatoms. The highest BCUT2D eigenvalue weighted by Crippen LogP contribution is 2.32. The maximum absolute atomic E-state index is 11.9. The maximum Gasteiger partial charge on any atom is 0.242 e. The van der Waals surface area contributed by atoms with E-state index in [0.717, 1.165) is 11.4 Å². The molecule has 1 saturated carbocycles. The number of thiophene rings is 1. The van der Waals surface area contributed by atoms with Gasteiger partial charge in [0.1, 0.15) is 4.90 Å². The predicted molar refractivity (Wildman–Crippen MR) is 72.7 cm³/mol. The standard InChI is InChI=1S/C10H15BrN2O2S2/c1-2-13-17(14,15)9-5-8(16-10(9)11)6-12-7-3-4-7/h5,7,12-13H,2-4,6H2,1H3. The lowest BCUT2D eigenvalue weighted by molar-refractivity contribution is 0.583. The van der Waals surface area contributed by atoms with Crippen molar-refractivity contribution in [3.8, 4) is 0 Å². The first kappa shape index (κ1) is 13.5. The van der Waals surface area contributed by atoms with Crippen molar-refractivity contribution in [1.82, 2.24) is 10.0 Å². The Kier molecular flexibility index (Phi) is 4.25. The van der Waals surface area contributed by atoms with Gasteiger partial charge in [-0.2, -0.15) is 0 Å². The summed E-state index contributed by atoms with van der Waals surface area (Å²) in [6.07, 6.45) is 2.46. The highest BCUT2D eigenvalue weighted by Gasteiger charge is 2.23. The Bertz CT molecular complexity index is 494. The predicted octanol–water partition coefficient (Wildman–Crippen LogP) is 2.06. The van der Waals surface area contributed by atoms with Crippen LogP contribution in [0.2, 0.25) is 0 Å². The lowest BCUT2D eigenvalue weighted by atomic mass is 10.4. The number of nitrogens with one attached hydrogen (secondary N) is 2. The molecule has 2 N–H and O–H groups in total. The van der Waals surface area contributed by atoms with Crippen LogP contribution in [-0.2, 0) is 16.6 Å². The molecule has 96 valence electrons. The smallest absolute Gasteiger partial charge is 0.242 e. The molecular formula is C10H15BrN2O2S2. The molecule has 17 heavy (non-hydrogen) atoms. The van der Waals surface area contributed by atoms with Crippen LogP contribution in [0.3, 0.4) is 0 Å². The number of hydrogen-bond donors (Lipinski definition) is 2. The van der Waals surface area contributed by atoms with Gasteiger partial charge < -0.3 is 5.32 Å². The van der Waals surface area contributed by atoms with Crippen molar-refractivity contribution >= 4 is 37.3 Å². The number of halogens is 1. The zero-order valence-electron chi connectivity index (χ0n) is 9.49. The third-order valence-corrected chi connectivity index (χ3v) is 6.27. The van der Waals surface area contributed by atoms with E-state index in [1.165, 1.54) is 24.2 Å². The Morgan fingerprint density at radius 2 is 2.24 bits per heavy atom. The summed E-state index contributed by atoms with van der Waals surface area (Å²) >= 11 is 4.79. The Morgan fingerprint density at radius 3 is 2.82 bits per heavy atom. The first-order valence-electron chi connectivity index (χ1n) is 5.54. The summed E-state index contributed by atoms with van der Waals surface area (Å²) in [5, 5.41) is 3.37. The highest BCUT2D eigenvalue weighted by atomic mass is 79.9. The fraction of sp³-hybridized carbons (Fsp3) is 0.600. The summed E-state index contributed by atoms with van der Waals surface area (Å²) in [6, 6.07) is 2.37. The number of rotatable bonds is 6. The van der Waals surface area contributed by atoms with Crippen LogP contribution in [0.4, 0.5) is 0 Å². The van der Waals surface area contributed by atoms with E-state index in [-0.39, 0.29) is 0 Å². The number of sulfonamides is 1. The third kappa shape index (κ3) is 3.51. The normalized spacial score (nSPS) is 16.4. The van der Waals surface area contributed by atoms with Crippen LogP contribution < -0.4 is 10.0 Å². The Morgan fingerprint density at radius 1 is 1.53 bits per heavy atom. The average Bonchev–Trinajstić information content (AvgIpc) is 2.99. The fourth-order valence-electron chi connectivity index (χ4n) is 1.47. The Labute approximate surface area is 114 Å². The molecule has 1 aliphatic carbocycles. The summed E-state index contributed by atoms with van der Waals surface area (Å²) < 4.78 is 26.9. The van der Waals surface area contributed by atoms with E-state index in [0.29, 0.717) is 21.3 Å². The molecule has 0 amide bonds. The van der Waals surface area contributed by atoms with Crippen molar-refractivity contribution in [3.05, 3.63) is 14.7 Å². The second-order valence-electron chi connectivity index (χ2n) is 4.01. The van der Waals surface area contributed by atoms with Crippen molar-refractivity contribution in [2.24, 2.45) is 0 Å². The number of hydrogen-bond acceptors (Lipinski definition) is 4. The molecule has 0 aliphatic heterocycles. The molecule has 0 aromatic carbocycles. The molecule has 1 aromatic rings. The van der Waals surface area contributed by atoms with Gasteiger partial charge in [0.05, 0.1) is 3.79 Å². The van der Waals surface area contributed by atoms with Gasteiger partial charge >= 0.3 is 0 Å². The van der Waals surface area contributed by atoms with Gasteiger partial charge in [0.25, 0.3) is 0 Å². The van der Waals surface area contributed by atoms with E-state index >= 15 is 0 Å². The van der Waals surface area contributed by atoms with E-state index in [9.17, 15) is 8.42 Å². The molecule has 0 bridgehead atoms. The third-order valence-electron chi connectivity index (χ3n) is 2.47. The molecule has 0 atom stereocenters. The molecule has 0 spiro atoms. The van der Waals surface area contributed by atoms with Crippen molar-refractivity contribution in [2.75, 3.05) is 6.54 Å². The van der Waals surface area contributed by atoms with Gasteiger partial charge in [-0.3, -0.25) is 0 Å². The minimum absolute atomic E-state index is 0.344. The van der Waals surface area contributed by atoms with E-state index < -0.39 is 10.0 Å². The monoisotopic (exact) mass is 338 g/mol. The molecule has 1 fully saturated rings. The second kappa shape index (κ2) is 5.36. The van der Waals surface area contributed by atoms with Crippen LogP contribution in [0.1, 0.15) is 24.6 Å². The van der Waals surface area contributed by atoms with Gasteiger partial charge in [0.15, 0.2) is 0 Å². The zero-order valence-corrected chi connectivity index (χ0v) is 12.7. The van der Waals surface area contributed by atoms with Crippen LogP contribution in [0, 0.1) is 0 Å². The summed E-state index contributed by atoms with van der Waals surface area (Å²) in [5.41, 5.74) is 0. The highest BCUT2D eigenvalue weighted by molar-refractivity contribution is 9.11. The largest absolute Gasteiger partial charge is 0.309 e. The molecule has 1 heterocycles. The topological polar surface area (TPSA) is 58.2 Å². The van der Waals surface area contributed by atoms with Crippen LogP contribution >= 0.6 is 27.3 Å². The molecule has 1 aliphatic rings. The molecule has 0 saturated heterocycles. The van der Waals surface area contributed by atoms with Gasteiger partial charge in [0.2, 0.25) is 10.0 Å². The lowest BCUT2D eigenvalue weighted by Crippen LogP contribution is -2.23. The molecule has 2 rings (SSSR count). The SMILES string of the molecule is CCNS(=O)(=O)c1cc(CNC2CC2)sc1Br. The van der Waals surface area contributed by atoms with Crippen LogP contribution in [-0.4, -0.2) is 21.0 Å². The molecule has 0 unspecified atom stereocenters. The van der Waals surface area contributed by atoms with Crippen LogP contribution in [0.5, 0.6) is 0 Å². The minimum Gasteiger partial charge on any atom is -0.309 e. The molecule has 0 radical (unpaired) electrons. The lowest BCUT2D eigenvalue weighted by Gasteiger charge is -2.01. The first-order chi connectivity index (χ1) is 8.03.